The fourth-order valence-corrected chi connectivity index (χ4v) is 2.50. The van der Waals surface area contributed by atoms with E-state index in [1.54, 1.807) is 17.3 Å². The van der Waals surface area contributed by atoms with E-state index in [0.717, 1.165) is 11.1 Å². The van der Waals surface area contributed by atoms with E-state index >= 15 is 0 Å². The smallest absolute Gasteiger partial charge is 0.254 e. The van der Waals surface area contributed by atoms with Gasteiger partial charge in [0, 0.05) is 30.4 Å². The quantitative estimate of drug-likeness (QED) is 0.879. The topological polar surface area (TPSA) is 78.5 Å². The van der Waals surface area contributed by atoms with E-state index in [1.165, 1.54) is 0 Å². The molecule has 0 aliphatic carbocycles. The van der Waals surface area contributed by atoms with Crippen LogP contribution in [-0.4, -0.2) is 58.5 Å². The summed E-state index contributed by atoms with van der Waals surface area (Å²) in [6, 6.07) is 7.46. The van der Waals surface area contributed by atoms with Gasteiger partial charge in [-0.3, -0.25) is 9.89 Å². The van der Waals surface area contributed by atoms with E-state index < -0.39 is 0 Å². The Kier molecular flexibility index (Phi) is 3.98. The average Bonchev–Trinajstić information content (AvgIpc) is 3.08. The number of amides is 1. The van der Waals surface area contributed by atoms with Crippen molar-refractivity contribution in [1.82, 2.24) is 15.1 Å². The highest BCUT2D eigenvalue weighted by Gasteiger charge is 2.26. The number of benzene rings is 1. The summed E-state index contributed by atoms with van der Waals surface area (Å²) in [7, 11) is 0. The number of nitrogens with zero attached hydrogens (tertiary/aromatic N) is 2. The van der Waals surface area contributed by atoms with Crippen LogP contribution in [-0.2, 0) is 4.74 Å². The minimum absolute atomic E-state index is 0.0476. The van der Waals surface area contributed by atoms with E-state index in [0.29, 0.717) is 25.3 Å². The van der Waals surface area contributed by atoms with Crippen LogP contribution in [0.3, 0.4) is 0 Å². The van der Waals surface area contributed by atoms with Gasteiger partial charge in [0.05, 0.1) is 25.5 Å². The van der Waals surface area contributed by atoms with Crippen molar-refractivity contribution < 1.29 is 14.6 Å². The molecule has 1 saturated heterocycles. The molecule has 1 aromatic carbocycles. The van der Waals surface area contributed by atoms with Crippen LogP contribution in [0.25, 0.3) is 11.1 Å². The number of hydrogen-bond donors (Lipinski definition) is 2. The van der Waals surface area contributed by atoms with Gasteiger partial charge in [-0.15, -0.1) is 0 Å². The molecule has 0 bridgehead atoms. The first-order chi connectivity index (χ1) is 10.3. The van der Waals surface area contributed by atoms with Crippen LogP contribution in [0.2, 0.25) is 0 Å². The molecule has 1 atom stereocenters. The van der Waals surface area contributed by atoms with Crippen molar-refractivity contribution in [1.29, 1.82) is 0 Å². The summed E-state index contributed by atoms with van der Waals surface area (Å²) >= 11 is 0. The Hall–Kier alpha value is -2.18. The number of morpholine rings is 1. The molecular weight excluding hydrogens is 270 g/mol. The molecule has 1 amide bonds. The van der Waals surface area contributed by atoms with Gasteiger partial charge in [0.2, 0.25) is 0 Å². The number of rotatable bonds is 3. The molecule has 3 rings (SSSR count). The van der Waals surface area contributed by atoms with Gasteiger partial charge in [0.1, 0.15) is 0 Å². The van der Waals surface area contributed by atoms with Gasteiger partial charge in [-0.2, -0.15) is 5.10 Å². The average molecular weight is 287 g/mol. The number of aromatic amines is 1. The maximum Gasteiger partial charge on any atom is 0.254 e. The summed E-state index contributed by atoms with van der Waals surface area (Å²) in [5.41, 5.74) is 2.37. The third-order valence-electron chi connectivity index (χ3n) is 3.60. The Balaban J connectivity index is 1.88. The van der Waals surface area contributed by atoms with Crippen molar-refractivity contribution in [3.8, 4) is 11.1 Å². The van der Waals surface area contributed by atoms with Gasteiger partial charge in [-0.25, -0.2) is 0 Å². The lowest BCUT2D eigenvalue weighted by atomic mass is 10.0. The number of aliphatic hydroxyl groups is 1. The molecule has 2 heterocycles. The van der Waals surface area contributed by atoms with Crippen LogP contribution in [0.5, 0.6) is 0 Å². The number of ether oxygens (including phenoxy) is 1. The Morgan fingerprint density at radius 3 is 3.10 bits per heavy atom. The Morgan fingerprint density at radius 2 is 2.33 bits per heavy atom. The van der Waals surface area contributed by atoms with E-state index in [9.17, 15) is 9.90 Å². The van der Waals surface area contributed by atoms with Crippen LogP contribution in [0.4, 0.5) is 0 Å². The zero-order valence-corrected chi connectivity index (χ0v) is 11.5. The van der Waals surface area contributed by atoms with Gasteiger partial charge in [0.15, 0.2) is 0 Å². The Morgan fingerprint density at radius 1 is 1.48 bits per heavy atom. The Bertz CT molecular complexity index is 612. The molecule has 1 aliphatic rings. The lowest BCUT2D eigenvalue weighted by Crippen LogP contribution is -2.47. The fraction of sp³-hybridized carbons (Fsp3) is 0.333. The normalized spacial score (nSPS) is 18.7. The highest BCUT2D eigenvalue weighted by Crippen LogP contribution is 2.24. The number of H-pyrrole nitrogens is 1. The molecule has 21 heavy (non-hydrogen) atoms. The predicted molar refractivity (Wildman–Crippen MR) is 76.8 cm³/mol. The van der Waals surface area contributed by atoms with E-state index in [1.807, 2.05) is 24.3 Å². The predicted octanol–water partition coefficient (Wildman–Crippen LogP) is 0.910. The number of aromatic nitrogens is 2. The van der Waals surface area contributed by atoms with Crippen LogP contribution in [0, 0.1) is 0 Å². The van der Waals surface area contributed by atoms with E-state index in [4.69, 9.17) is 4.74 Å². The summed E-state index contributed by atoms with van der Waals surface area (Å²) in [5, 5.41) is 15.9. The van der Waals surface area contributed by atoms with Gasteiger partial charge in [-0.1, -0.05) is 18.2 Å². The van der Waals surface area contributed by atoms with Gasteiger partial charge < -0.3 is 14.7 Å². The molecule has 6 heteroatoms. The van der Waals surface area contributed by atoms with Crippen molar-refractivity contribution in [2.75, 3.05) is 26.3 Å². The fourth-order valence-electron chi connectivity index (χ4n) is 2.50. The van der Waals surface area contributed by atoms with E-state index in [-0.39, 0.29) is 18.6 Å². The third kappa shape index (κ3) is 2.81. The molecule has 110 valence electrons. The van der Waals surface area contributed by atoms with E-state index in [2.05, 4.69) is 10.2 Å². The summed E-state index contributed by atoms with van der Waals surface area (Å²) in [5.74, 6) is -0.0476. The Labute approximate surface area is 122 Å². The lowest BCUT2D eigenvalue weighted by Gasteiger charge is -2.32. The molecule has 0 saturated carbocycles. The second-order valence-corrected chi connectivity index (χ2v) is 4.96. The van der Waals surface area contributed by atoms with Gasteiger partial charge >= 0.3 is 0 Å². The largest absolute Gasteiger partial charge is 0.394 e. The molecule has 2 N–H and O–H groups in total. The first-order valence-electron chi connectivity index (χ1n) is 6.89. The summed E-state index contributed by atoms with van der Waals surface area (Å²) in [4.78, 5) is 14.5. The van der Waals surface area contributed by atoms with Crippen LogP contribution >= 0.6 is 0 Å². The van der Waals surface area contributed by atoms with Crippen LogP contribution in [0.15, 0.2) is 36.7 Å². The molecule has 6 nitrogen and oxygen atoms in total. The zero-order valence-electron chi connectivity index (χ0n) is 11.5. The van der Waals surface area contributed by atoms with Crippen molar-refractivity contribution in [2.24, 2.45) is 0 Å². The first kappa shape index (κ1) is 13.8. The molecule has 0 spiro atoms. The molecule has 1 aromatic heterocycles. The highest BCUT2D eigenvalue weighted by atomic mass is 16.5. The second-order valence-electron chi connectivity index (χ2n) is 4.96. The van der Waals surface area contributed by atoms with Crippen LogP contribution in [0.1, 0.15) is 10.4 Å². The summed E-state index contributed by atoms with van der Waals surface area (Å²) in [6.07, 6.45) is 3.16. The molecular formula is C15H17N3O3. The minimum atomic E-state index is -0.302. The SMILES string of the molecule is O=C(c1ccccc1-c1cn[nH]c1)N1CCOC(CO)C1. The highest BCUT2D eigenvalue weighted by molar-refractivity contribution is 6.00. The number of hydrogen-bond acceptors (Lipinski definition) is 4. The van der Waals surface area contributed by atoms with Gasteiger partial charge in [-0.05, 0) is 11.6 Å². The zero-order chi connectivity index (χ0) is 14.7. The number of carbonyl (C=O) groups excluding carboxylic acids is 1. The van der Waals surface area contributed by atoms with Crippen molar-refractivity contribution in [2.45, 2.75) is 6.10 Å². The summed E-state index contributed by atoms with van der Waals surface area (Å²) in [6.45, 7) is 1.32. The van der Waals surface area contributed by atoms with Gasteiger partial charge in [0.25, 0.3) is 5.91 Å². The van der Waals surface area contributed by atoms with Crippen molar-refractivity contribution >= 4 is 5.91 Å². The first-order valence-corrected chi connectivity index (χ1v) is 6.89. The lowest BCUT2D eigenvalue weighted by molar-refractivity contribution is -0.0447. The number of aliphatic hydroxyl groups excluding tert-OH is 1. The molecule has 1 unspecified atom stereocenters. The summed E-state index contributed by atoms with van der Waals surface area (Å²) < 4.78 is 5.39. The maximum absolute atomic E-state index is 12.7. The second kappa shape index (κ2) is 6.07. The monoisotopic (exact) mass is 287 g/mol. The van der Waals surface area contributed by atoms with Crippen molar-refractivity contribution in [3.05, 3.63) is 42.2 Å². The minimum Gasteiger partial charge on any atom is -0.394 e. The maximum atomic E-state index is 12.7. The molecule has 1 aliphatic heterocycles. The standard InChI is InChI=1S/C15H17N3O3/c19-10-12-9-18(5-6-21-12)15(20)14-4-2-1-3-13(14)11-7-16-17-8-11/h1-4,7-8,12,19H,5-6,9-10H2,(H,16,17). The molecule has 1 fully saturated rings. The number of nitrogens with one attached hydrogen (secondary N) is 1. The van der Waals surface area contributed by atoms with Crippen LogP contribution < -0.4 is 0 Å². The molecule has 2 aromatic rings. The number of carbonyl (C=O) groups is 1. The third-order valence-corrected chi connectivity index (χ3v) is 3.60. The van der Waals surface area contributed by atoms with Crippen molar-refractivity contribution in [3.63, 3.8) is 0 Å². The molecule has 0 radical (unpaired) electrons.